The second kappa shape index (κ2) is 12.9. The normalized spacial score (nSPS) is 21.6. The Labute approximate surface area is 255 Å². The molecule has 0 aromatic heterocycles. The first-order valence-corrected chi connectivity index (χ1v) is 13.6. The van der Waals surface area contributed by atoms with Gasteiger partial charge in [-0.25, -0.2) is 4.79 Å². The van der Waals surface area contributed by atoms with Gasteiger partial charge in [0.2, 0.25) is 5.75 Å². The number of ether oxygens (including phenoxy) is 4. The van der Waals surface area contributed by atoms with E-state index < -0.39 is 54.3 Å². The highest BCUT2D eigenvalue weighted by atomic mass is 16.6. The third kappa shape index (κ3) is 6.42. The first-order chi connectivity index (χ1) is 21.5. The summed E-state index contributed by atoms with van der Waals surface area (Å²) in [5.41, 5.74) is 0.433. The summed E-state index contributed by atoms with van der Waals surface area (Å²) in [7, 11) is 2.63. The van der Waals surface area contributed by atoms with E-state index in [4.69, 9.17) is 23.4 Å². The van der Waals surface area contributed by atoms with Crippen molar-refractivity contribution in [1.29, 1.82) is 0 Å². The number of phenolic OH excluding ortho intramolecular Hbond substituents is 3. The Balaban J connectivity index is 1.52. The van der Waals surface area contributed by atoms with E-state index in [1.54, 1.807) is 12.1 Å². The van der Waals surface area contributed by atoms with Crippen molar-refractivity contribution in [2.24, 2.45) is 0 Å². The summed E-state index contributed by atoms with van der Waals surface area (Å²) in [5, 5.41) is 63.0. The fourth-order valence-electron chi connectivity index (χ4n) is 4.98. The zero-order chi connectivity index (χ0) is 32.4. The van der Waals surface area contributed by atoms with Crippen LogP contribution in [0.5, 0.6) is 28.7 Å². The number of carbonyl (C=O) groups excluding carboxylic acids is 1. The molecule has 0 amide bonds. The molecule has 0 radical (unpaired) electrons. The van der Waals surface area contributed by atoms with Crippen LogP contribution in [-0.2, 0) is 14.3 Å². The molecule has 6 N–H and O–H groups in total. The Morgan fingerprint density at radius 3 is 2.20 bits per heavy atom. The van der Waals surface area contributed by atoms with Crippen LogP contribution in [0.3, 0.4) is 0 Å². The smallest absolute Gasteiger partial charge is 0.330 e. The van der Waals surface area contributed by atoms with Crippen molar-refractivity contribution in [3.8, 4) is 51.4 Å². The van der Waals surface area contributed by atoms with Crippen LogP contribution in [0.25, 0.3) is 28.7 Å². The molecule has 13 heteroatoms. The van der Waals surface area contributed by atoms with E-state index in [0.29, 0.717) is 5.56 Å². The maximum Gasteiger partial charge on any atom is 0.330 e. The van der Waals surface area contributed by atoms with Crippen LogP contribution < -0.4 is 14.9 Å². The lowest BCUT2D eigenvalue weighted by atomic mass is 9.88. The van der Waals surface area contributed by atoms with Crippen LogP contribution in [-0.4, -0.2) is 81.9 Å². The van der Waals surface area contributed by atoms with Crippen LogP contribution in [0.2, 0.25) is 0 Å². The van der Waals surface area contributed by atoms with Gasteiger partial charge in [0.25, 0.3) is 0 Å². The summed E-state index contributed by atoms with van der Waals surface area (Å²) in [6.45, 7) is -0.522. The van der Waals surface area contributed by atoms with Gasteiger partial charge in [-0.3, -0.25) is 4.79 Å². The molecular weight excluding hydrogens is 592 g/mol. The fourth-order valence-corrected chi connectivity index (χ4v) is 4.98. The van der Waals surface area contributed by atoms with Gasteiger partial charge < -0.3 is 54.0 Å². The summed E-state index contributed by atoms with van der Waals surface area (Å²) in [5.74, 6) is -1.52. The molecule has 5 rings (SSSR count). The highest BCUT2D eigenvalue weighted by molar-refractivity contribution is 5.87. The second-order valence-corrected chi connectivity index (χ2v) is 10.2. The number of benzene rings is 3. The molecule has 0 unspecified atom stereocenters. The molecule has 13 nitrogen and oxygen atoms in total. The average molecular weight is 623 g/mol. The maximum atomic E-state index is 12.4. The first-order valence-electron chi connectivity index (χ1n) is 13.6. The zero-order valence-electron chi connectivity index (χ0n) is 24.0. The Morgan fingerprint density at radius 2 is 1.56 bits per heavy atom. The number of aliphatic hydroxyl groups is 3. The number of esters is 1. The maximum absolute atomic E-state index is 12.4. The van der Waals surface area contributed by atoms with Gasteiger partial charge >= 0.3 is 5.97 Å². The summed E-state index contributed by atoms with van der Waals surface area (Å²) in [6.07, 6.45) is -5.37. The molecule has 0 saturated carbocycles. The molecule has 2 heterocycles. The van der Waals surface area contributed by atoms with Crippen molar-refractivity contribution in [1.82, 2.24) is 0 Å². The summed E-state index contributed by atoms with van der Waals surface area (Å²) in [6, 6.07) is 12.3. The van der Waals surface area contributed by atoms with Crippen LogP contribution in [0.1, 0.15) is 17.2 Å². The number of aliphatic hydroxyl groups excluding tert-OH is 3. The Kier molecular flexibility index (Phi) is 8.97. The van der Waals surface area contributed by atoms with Gasteiger partial charge in [-0.2, -0.15) is 0 Å². The third-order valence-corrected chi connectivity index (χ3v) is 7.32. The van der Waals surface area contributed by atoms with Gasteiger partial charge in [0.15, 0.2) is 16.9 Å². The van der Waals surface area contributed by atoms with Gasteiger partial charge in [-0.15, -0.1) is 0 Å². The van der Waals surface area contributed by atoms with Crippen molar-refractivity contribution in [3.05, 3.63) is 82.0 Å². The fraction of sp³-hybridized carbons (Fsp3) is 0.250. The molecule has 0 bridgehead atoms. The van der Waals surface area contributed by atoms with Crippen molar-refractivity contribution >= 4 is 12.0 Å². The van der Waals surface area contributed by atoms with Gasteiger partial charge in [0.1, 0.15) is 60.1 Å². The lowest BCUT2D eigenvalue weighted by Gasteiger charge is -2.41. The Hall–Kier alpha value is -5.08. The largest absolute Gasteiger partial charge is 0.508 e. The predicted molar refractivity (Wildman–Crippen MR) is 157 cm³/mol. The van der Waals surface area contributed by atoms with Gasteiger partial charge in [-0.1, -0.05) is 12.1 Å². The number of carbonyl (C=O) groups is 1. The highest BCUT2D eigenvalue weighted by Gasteiger charge is 2.46. The van der Waals surface area contributed by atoms with Crippen molar-refractivity contribution in [3.63, 3.8) is 0 Å². The number of fused-ring (bicyclic) bond motifs is 1. The minimum Gasteiger partial charge on any atom is -0.508 e. The molecule has 2 aromatic carbocycles. The molecule has 2 aromatic rings. The molecule has 45 heavy (non-hydrogen) atoms. The minimum atomic E-state index is -1.77. The van der Waals surface area contributed by atoms with Crippen molar-refractivity contribution < 1.29 is 58.8 Å². The molecule has 1 saturated heterocycles. The zero-order valence-corrected chi connectivity index (χ0v) is 24.0. The summed E-state index contributed by atoms with van der Waals surface area (Å²) >= 11 is 0. The lowest BCUT2D eigenvalue weighted by molar-refractivity contribution is -0.234. The van der Waals surface area contributed by atoms with Gasteiger partial charge in [0, 0.05) is 29.3 Å². The molecule has 236 valence electrons. The number of hydrogen-bond donors (Lipinski definition) is 6. The van der Waals surface area contributed by atoms with E-state index in [2.05, 4.69) is 0 Å². The lowest BCUT2D eigenvalue weighted by Crippen LogP contribution is -2.55. The van der Waals surface area contributed by atoms with Crippen LogP contribution in [0, 0.1) is 0 Å². The van der Waals surface area contributed by atoms with Gasteiger partial charge in [0.05, 0.1) is 19.8 Å². The standard InChI is InChI=1S/C32H30O13/c1-41-23-9-16(10-24(42-2)27(23)37)31-20(13-19-21(35)11-18(34)12-22(19)44-31)32-30(40)29(39)28(38)25(45-32)14-43-26(36)8-5-15-3-6-17(33)7-4-15/h3-13,25,28-30,32-33,35,37-40H,14H2,1-2H3/t25-,28-,29+,30-,32+/m1/s1. The quantitative estimate of drug-likeness (QED) is 0.123. The number of rotatable bonds is 8. The topological polar surface area (TPSA) is 206 Å². The molecule has 0 spiro atoms. The molecular formula is C32H30O13. The van der Waals surface area contributed by atoms with Crippen LogP contribution >= 0.6 is 0 Å². The number of aromatic hydroxyl groups is 3. The van der Waals surface area contributed by atoms with E-state index >= 15 is 0 Å². The molecule has 1 aliphatic carbocycles. The molecule has 1 fully saturated rings. The van der Waals surface area contributed by atoms with E-state index in [1.165, 1.54) is 50.6 Å². The van der Waals surface area contributed by atoms with Crippen LogP contribution in [0.15, 0.2) is 69.9 Å². The second-order valence-electron chi connectivity index (χ2n) is 10.2. The van der Waals surface area contributed by atoms with Crippen molar-refractivity contribution in [2.45, 2.75) is 30.5 Å². The van der Waals surface area contributed by atoms with Crippen LogP contribution in [0.4, 0.5) is 0 Å². The highest BCUT2D eigenvalue weighted by Crippen LogP contribution is 2.46. The minimum absolute atomic E-state index is 0.00302. The Morgan fingerprint density at radius 1 is 0.889 bits per heavy atom. The van der Waals surface area contributed by atoms with Gasteiger partial charge in [-0.05, 0) is 42.0 Å². The number of hydrogen-bond acceptors (Lipinski definition) is 13. The number of methoxy groups -OCH3 is 2. The van der Waals surface area contributed by atoms with E-state index in [0.717, 1.165) is 18.2 Å². The SMILES string of the molecule is COc1cc(-c2oc3cc(=O)cc(O)c-3cc2[C@@H]2O[C@H](COC(=O)C=Cc3ccc(O)cc3)[C@@H](O)[C@H](O)[C@H]2O)cc(OC)c1O. The molecule has 2 aliphatic heterocycles. The monoisotopic (exact) mass is 622 g/mol. The first kappa shape index (κ1) is 31.3. The van der Waals surface area contributed by atoms with E-state index in [9.17, 15) is 40.2 Å². The Bertz CT molecular complexity index is 1720. The molecule has 5 atom stereocenters. The van der Waals surface area contributed by atoms with Crippen molar-refractivity contribution in [2.75, 3.05) is 20.8 Å². The van der Waals surface area contributed by atoms with E-state index in [1.807, 2.05) is 0 Å². The van der Waals surface area contributed by atoms with E-state index in [-0.39, 0.29) is 51.2 Å². The average Bonchev–Trinajstić information content (AvgIpc) is 3.02. The summed E-state index contributed by atoms with van der Waals surface area (Å²) < 4.78 is 27.8. The third-order valence-electron chi connectivity index (χ3n) is 7.32. The molecule has 3 aliphatic rings. The number of phenols is 3. The summed E-state index contributed by atoms with van der Waals surface area (Å²) in [4.78, 5) is 24.6. The predicted octanol–water partition coefficient (Wildman–Crippen LogP) is 2.32.